The van der Waals surface area contributed by atoms with Gasteiger partial charge in [0.25, 0.3) is 0 Å². The van der Waals surface area contributed by atoms with E-state index in [4.69, 9.17) is 4.12 Å². The van der Waals surface area contributed by atoms with E-state index in [0.717, 1.165) is 11.1 Å². The lowest BCUT2D eigenvalue weighted by molar-refractivity contribution is 0.342. The summed E-state index contributed by atoms with van der Waals surface area (Å²) in [7, 11) is 0.585. The van der Waals surface area contributed by atoms with Crippen LogP contribution in [-0.4, -0.2) is 64.7 Å². The highest BCUT2D eigenvalue weighted by molar-refractivity contribution is 6.97. The Kier molecular flexibility index (Phi) is 7.89. The number of hydrogen-bond acceptors (Lipinski definition) is 5. The van der Waals surface area contributed by atoms with Crippen LogP contribution in [0, 0.1) is 0 Å². The average Bonchev–Trinajstić information content (AvgIpc) is 2.67. The van der Waals surface area contributed by atoms with E-state index in [9.17, 15) is 9.59 Å². The molecule has 5 nitrogen and oxygen atoms in total. The van der Waals surface area contributed by atoms with E-state index in [1.807, 2.05) is 86.5 Å². The quantitative estimate of drug-likeness (QED) is 0.558. The van der Waals surface area contributed by atoms with E-state index in [1.165, 1.54) is 11.4 Å². The first-order valence-electron chi connectivity index (χ1n) is 9.53. The van der Waals surface area contributed by atoms with Crippen molar-refractivity contribution in [2.75, 3.05) is 28.2 Å². The van der Waals surface area contributed by atoms with Crippen molar-refractivity contribution in [3.63, 3.8) is 0 Å². The molecule has 2 atom stereocenters. The third-order valence-corrected chi connectivity index (χ3v) is 10.8. The largest absolute Gasteiger partial charge is 0.405 e. The second-order valence-corrected chi connectivity index (χ2v) is 13.2. The maximum Gasteiger partial charge on any atom is 0.388 e. The van der Waals surface area contributed by atoms with Gasteiger partial charge >= 0.3 is 17.1 Å². The van der Waals surface area contributed by atoms with Gasteiger partial charge < -0.3 is 23.5 Å². The summed E-state index contributed by atoms with van der Waals surface area (Å²) >= 11 is 0. The van der Waals surface area contributed by atoms with Crippen molar-refractivity contribution in [2.24, 2.45) is 0 Å². The van der Waals surface area contributed by atoms with Crippen LogP contribution >= 0.6 is 0 Å². The summed E-state index contributed by atoms with van der Waals surface area (Å²) in [6, 6.07) is 15.3. The lowest BCUT2D eigenvalue weighted by Gasteiger charge is -2.33. The molecule has 0 aliphatic carbocycles. The molecule has 0 radical (unpaired) electrons. The molecule has 2 rings (SSSR count). The minimum absolute atomic E-state index is 0.647. The minimum atomic E-state index is -3.65. The molecule has 156 valence electrons. The highest BCUT2D eigenvalue weighted by Crippen LogP contribution is 2.17. The summed E-state index contributed by atoms with van der Waals surface area (Å²) in [6.07, 6.45) is 0. The number of nitrogens with zero attached hydrogens (tertiary/aromatic N) is 2. The first kappa shape index (κ1) is 23.4. The van der Waals surface area contributed by atoms with Crippen LogP contribution in [0.5, 0.6) is 0 Å². The molecule has 0 saturated heterocycles. The van der Waals surface area contributed by atoms with E-state index in [1.54, 1.807) is 0 Å². The SMILES string of the molecule is C=C[Si](O)(O[Si](O)(C=C)c1ccccc1CN(C)C)c1ccccc1CN(C)C. The van der Waals surface area contributed by atoms with Crippen LogP contribution in [0.1, 0.15) is 11.1 Å². The van der Waals surface area contributed by atoms with E-state index < -0.39 is 17.1 Å². The molecule has 0 aliphatic rings. The molecule has 29 heavy (non-hydrogen) atoms. The van der Waals surface area contributed by atoms with Gasteiger partial charge in [-0.1, -0.05) is 48.5 Å². The zero-order chi connectivity index (χ0) is 21.7. The maximum atomic E-state index is 11.6. The van der Waals surface area contributed by atoms with Crippen molar-refractivity contribution in [2.45, 2.75) is 13.1 Å². The Labute approximate surface area is 176 Å². The predicted molar refractivity (Wildman–Crippen MR) is 124 cm³/mol. The summed E-state index contributed by atoms with van der Waals surface area (Å²) in [4.78, 5) is 27.2. The van der Waals surface area contributed by atoms with Crippen LogP contribution in [0.15, 0.2) is 73.1 Å². The molecule has 0 aromatic heterocycles. The molecule has 0 heterocycles. The van der Waals surface area contributed by atoms with Crippen molar-refractivity contribution in [1.82, 2.24) is 9.80 Å². The predicted octanol–water partition coefficient (Wildman–Crippen LogP) is 1.26. The first-order chi connectivity index (χ1) is 13.6. The van der Waals surface area contributed by atoms with E-state index in [0.29, 0.717) is 23.5 Å². The summed E-state index contributed by atoms with van der Waals surface area (Å²) in [5, 5.41) is 1.39. The Balaban J connectivity index is 2.53. The van der Waals surface area contributed by atoms with Crippen molar-refractivity contribution in [3.8, 4) is 0 Å². The number of rotatable bonds is 10. The van der Waals surface area contributed by atoms with Gasteiger partial charge in [0.1, 0.15) is 0 Å². The molecular weight excluding hydrogens is 396 g/mol. The van der Waals surface area contributed by atoms with Gasteiger partial charge in [-0.25, -0.2) is 0 Å². The lowest BCUT2D eigenvalue weighted by Crippen LogP contribution is -2.64. The van der Waals surface area contributed by atoms with Gasteiger partial charge in [-0.3, -0.25) is 0 Å². The highest BCUT2D eigenvalue weighted by atomic mass is 28.5. The second-order valence-electron chi connectivity index (χ2n) is 7.69. The van der Waals surface area contributed by atoms with Gasteiger partial charge in [0, 0.05) is 23.5 Å². The van der Waals surface area contributed by atoms with Crippen LogP contribution in [-0.2, 0) is 17.2 Å². The summed E-state index contributed by atoms with van der Waals surface area (Å²) in [6.45, 7) is 9.00. The minimum Gasteiger partial charge on any atom is -0.405 e. The van der Waals surface area contributed by atoms with Gasteiger partial charge in [-0.05, 0) is 50.7 Å². The molecule has 0 amide bonds. The Morgan fingerprint density at radius 1 is 0.759 bits per heavy atom. The third-order valence-electron chi connectivity index (χ3n) is 4.64. The van der Waals surface area contributed by atoms with Crippen LogP contribution in [0.25, 0.3) is 0 Å². The summed E-state index contributed by atoms with van der Waals surface area (Å²) < 4.78 is 6.26. The molecule has 0 aliphatic heterocycles. The van der Waals surface area contributed by atoms with Crippen LogP contribution in [0.2, 0.25) is 0 Å². The van der Waals surface area contributed by atoms with Crippen molar-refractivity contribution in [3.05, 3.63) is 84.2 Å². The molecule has 0 saturated carbocycles. The van der Waals surface area contributed by atoms with Crippen molar-refractivity contribution in [1.29, 1.82) is 0 Å². The Bertz CT molecular complexity index is 790. The van der Waals surface area contributed by atoms with Gasteiger partial charge in [0.2, 0.25) is 0 Å². The van der Waals surface area contributed by atoms with Crippen LogP contribution in [0.4, 0.5) is 0 Å². The maximum absolute atomic E-state index is 11.6. The van der Waals surface area contributed by atoms with Crippen LogP contribution < -0.4 is 10.4 Å². The zero-order valence-electron chi connectivity index (χ0n) is 17.8. The fourth-order valence-electron chi connectivity index (χ4n) is 3.35. The molecular formula is C22H32N2O3Si2. The lowest BCUT2D eigenvalue weighted by atomic mass is 10.2. The normalized spacial score (nSPS) is 15.7. The fourth-order valence-corrected chi connectivity index (χ4v) is 9.15. The Morgan fingerprint density at radius 3 is 1.41 bits per heavy atom. The van der Waals surface area contributed by atoms with Gasteiger partial charge in [0.15, 0.2) is 0 Å². The number of hydrogen-bond donors (Lipinski definition) is 2. The standard InChI is InChI=1S/C22H32N2O3Si2/c1-7-28(25,21-15-11-9-13-19(21)17-23(3)4)27-29(26,8-2)22-16-12-10-14-20(22)18-24(5)6/h7-16,25-26H,1-2,17-18H2,3-6H3. The number of benzene rings is 2. The van der Waals surface area contributed by atoms with E-state index in [2.05, 4.69) is 13.2 Å². The monoisotopic (exact) mass is 428 g/mol. The van der Waals surface area contributed by atoms with Crippen molar-refractivity contribution < 1.29 is 13.7 Å². The summed E-state index contributed by atoms with van der Waals surface area (Å²) in [5.74, 6) is 0. The Morgan fingerprint density at radius 2 is 1.10 bits per heavy atom. The molecule has 2 aromatic rings. The van der Waals surface area contributed by atoms with E-state index in [-0.39, 0.29) is 0 Å². The average molecular weight is 429 g/mol. The molecule has 0 spiro atoms. The van der Waals surface area contributed by atoms with Gasteiger partial charge in [-0.2, -0.15) is 0 Å². The Hall–Kier alpha value is -1.85. The van der Waals surface area contributed by atoms with Crippen molar-refractivity contribution >= 4 is 27.5 Å². The zero-order valence-corrected chi connectivity index (χ0v) is 19.8. The van der Waals surface area contributed by atoms with Gasteiger partial charge in [-0.15, -0.1) is 13.2 Å². The molecule has 2 aromatic carbocycles. The second kappa shape index (κ2) is 9.77. The molecule has 7 heteroatoms. The molecule has 2 unspecified atom stereocenters. The van der Waals surface area contributed by atoms with Gasteiger partial charge in [0.05, 0.1) is 0 Å². The first-order valence-corrected chi connectivity index (χ1v) is 13.4. The smallest absolute Gasteiger partial charge is 0.388 e. The topological polar surface area (TPSA) is 56.2 Å². The van der Waals surface area contributed by atoms with Crippen LogP contribution in [0.3, 0.4) is 0 Å². The molecule has 0 bridgehead atoms. The highest BCUT2D eigenvalue weighted by Gasteiger charge is 2.46. The fraction of sp³-hybridized carbons (Fsp3) is 0.273. The molecule has 2 N–H and O–H groups in total. The molecule has 0 fully saturated rings. The third kappa shape index (κ3) is 5.61. The summed E-state index contributed by atoms with van der Waals surface area (Å²) in [5.41, 5.74) is 4.84. The van der Waals surface area contributed by atoms with E-state index >= 15 is 0 Å².